The van der Waals surface area contributed by atoms with Crippen LogP contribution in [0.5, 0.6) is 0 Å². The van der Waals surface area contributed by atoms with E-state index in [0.717, 1.165) is 4.47 Å². The van der Waals surface area contributed by atoms with Gasteiger partial charge in [0.15, 0.2) is 4.67 Å². The summed E-state index contributed by atoms with van der Waals surface area (Å²) in [5, 5.41) is 10.8. The first-order valence-corrected chi connectivity index (χ1v) is 6.28. The normalized spacial score (nSPS) is 12.2. The molecular formula is C10H11Br2NO3. The zero-order chi connectivity index (χ0) is 12.3. The van der Waals surface area contributed by atoms with E-state index in [1.165, 1.54) is 6.08 Å². The molecule has 6 heteroatoms. The van der Waals surface area contributed by atoms with Gasteiger partial charge in [0, 0.05) is 6.42 Å². The van der Waals surface area contributed by atoms with Crippen LogP contribution in [0.3, 0.4) is 0 Å². The Labute approximate surface area is 110 Å². The van der Waals surface area contributed by atoms with Crippen molar-refractivity contribution >= 4 is 37.9 Å². The third-order valence-electron chi connectivity index (χ3n) is 1.82. The number of rotatable bonds is 4. The van der Waals surface area contributed by atoms with Crippen LogP contribution in [0.4, 0.5) is 0 Å². The Bertz CT molecular complexity index is 404. The molecule has 0 unspecified atom stereocenters. The van der Waals surface area contributed by atoms with Crippen LogP contribution < -0.4 is 0 Å². The Kier molecular flexibility index (Phi) is 4.73. The molecule has 0 saturated heterocycles. The number of hydrogen-bond donors (Lipinski definition) is 0. The van der Waals surface area contributed by atoms with E-state index < -0.39 is 0 Å². The standard InChI is InChI=1S/C10H11Br2NO3/c1-6(2)3-7(13(14)15)4-8-5-9(11)10(12)16-8/h4-6H,3H2,1-2H3. The summed E-state index contributed by atoms with van der Waals surface area (Å²) in [6.07, 6.45) is 1.87. The second-order valence-corrected chi connectivity index (χ2v) is 5.34. The van der Waals surface area contributed by atoms with Gasteiger partial charge in [0.1, 0.15) is 5.76 Å². The molecule has 0 atom stereocenters. The molecule has 0 aliphatic heterocycles. The van der Waals surface area contributed by atoms with E-state index >= 15 is 0 Å². The van der Waals surface area contributed by atoms with Crippen molar-refractivity contribution in [1.29, 1.82) is 0 Å². The minimum Gasteiger partial charge on any atom is -0.449 e. The molecule has 1 heterocycles. The van der Waals surface area contributed by atoms with Crippen molar-refractivity contribution in [2.45, 2.75) is 20.3 Å². The highest BCUT2D eigenvalue weighted by Gasteiger charge is 2.15. The first-order valence-electron chi connectivity index (χ1n) is 4.70. The van der Waals surface area contributed by atoms with Gasteiger partial charge in [0.2, 0.25) is 5.70 Å². The van der Waals surface area contributed by atoms with Crippen LogP contribution >= 0.6 is 31.9 Å². The number of furan rings is 1. The topological polar surface area (TPSA) is 56.3 Å². The van der Waals surface area contributed by atoms with Crippen LogP contribution in [0.25, 0.3) is 6.08 Å². The molecule has 0 aliphatic carbocycles. The summed E-state index contributed by atoms with van der Waals surface area (Å²) < 4.78 is 6.54. The predicted molar refractivity (Wildman–Crippen MR) is 68.5 cm³/mol. The average molecular weight is 353 g/mol. The lowest BCUT2D eigenvalue weighted by atomic mass is 10.1. The molecular weight excluding hydrogens is 342 g/mol. The van der Waals surface area contributed by atoms with E-state index in [1.807, 2.05) is 13.8 Å². The molecule has 1 aromatic rings. The van der Waals surface area contributed by atoms with Crippen LogP contribution in [0.1, 0.15) is 26.0 Å². The Morgan fingerprint density at radius 1 is 1.62 bits per heavy atom. The van der Waals surface area contributed by atoms with Crippen molar-refractivity contribution < 1.29 is 9.34 Å². The first kappa shape index (κ1) is 13.4. The van der Waals surface area contributed by atoms with Gasteiger partial charge < -0.3 is 4.42 Å². The Morgan fingerprint density at radius 3 is 2.62 bits per heavy atom. The molecule has 1 aromatic heterocycles. The molecule has 0 aliphatic rings. The largest absolute Gasteiger partial charge is 0.449 e. The van der Waals surface area contributed by atoms with Crippen molar-refractivity contribution in [2.75, 3.05) is 0 Å². The van der Waals surface area contributed by atoms with Gasteiger partial charge in [-0.2, -0.15) is 0 Å². The van der Waals surface area contributed by atoms with Crippen LogP contribution in [-0.2, 0) is 0 Å². The van der Waals surface area contributed by atoms with Gasteiger partial charge in [-0.1, -0.05) is 13.8 Å². The monoisotopic (exact) mass is 351 g/mol. The lowest BCUT2D eigenvalue weighted by Crippen LogP contribution is -2.02. The van der Waals surface area contributed by atoms with Gasteiger partial charge in [-0.3, -0.25) is 10.1 Å². The fourth-order valence-electron chi connectivity index (χ4n) is 1.20. The van der Waals surface area contributed by atoms with Gasteiger partial charge in [-0.15, -0.1) is 0 Å². The third-order valence-corrected chi connectivity index (χ3v) is 3.54. The Balaban J connectivity index is 2.97. The number of nitro groups is 1. The summed E-state index contributed by atoms with van der Waals surface area (Å²) >= 11 is 6.44. The first-order chi connectivity index (χ1) is 7.40. The molecule has 16 heavy (non-hydrogen) atoms. The lowest BCUT2D eigenvalue weighted by Gasteiger charge is -2.00. The van der Waals surface area contributed by atoms with E-state index in [2.05, 4.69) is 31.9 Å². The van der Waals surface area contributed by atoms with E-state index in [1.54, 1.807) is 6.07 Å². The molecule has 0 bridgehead atoms. The molecule has 0 fully saturated rings. The van der Waals surface area contributed by atoms with Gasteiger partial charge in [-0.25, -0.2) is 0 Å². The molecule has 0 spiro atoms. The fraction of sp³-hybridized carbons (Fsp3) is 0.400. The average Bonchev–Trinajstić information content (AvgIpc) is 2.44. The quantitative estimate of drug-likeness (QED) is 0.593. The van der Waals surface area contributed by atoms with Crippen molar-refractivity contribution in [3.8, 4) is 0 Å². The maximum absolute atomic E-state index is 10.8. The Morgan fingerprint density at radius 2 is 2.25 bits per heavy atom. The van der Waals surface area contributed by atoms with Gasteiger partial charge in [0.05, 0.1) is 15.5 Å². The summed E-state index contributed by atoms with van der Waals surface area (Å²) in [4.78, 5) is 10.4. The second kappa shape index (κ2) is 5.63. The molecule has 0 N–H and O–H groups in total. The summed E-state index contributed by atoms with van der Waals surface area (Å²) in [7, 11) is 0. The second-order valence-electron chi connectivity index (χ2n) is 3.76. The summed E-state index contributed by atoms with van der Waals surface area (Å²) in [6.45, 7) is 3.87. The lowest BCUT2D eigenvalue weighted by molar-refractivity contribution is -0.427. The summed E-state index contributed by atoms with van der Waals surface area (Å²) in [6, 6.07) is 1.69. The van der Waals surface area contributed by atoms with Crippen LogP contribution in [0.15, 0.2) is 25.3 Å². The fourth-order valence-corrected chi connectivity index (χ4v) is 1.81. The molecule has 0 saturated carbocycles. The van der Waals surface area contributed by atoms with Gasteiger partial charge in [0.25, 0.3) is 0 Å². The number of nitrogens with zero attached hydrogens (tertiary/aromatic N) is 1. The van der Waals surface area contributed by atoms with E-state index in [-0.39, 0.29) is 16.5 Å². The molecule has 1 rings (SSSR count). The van der Waals surface area contributed by atoms with Gasteiger partial charge >= 0.3 is 0 Å². The van der Waals surface area contributed by atoms with Gasteiger partial charge in [-0.05, 0) is 43.8 Å². The van der Waals surface area contributed by atoms with E-state index in [0.29, 0.717) is 16.9 Å². The molecule has 0 aromatic carbocycles. The highest BCUT2D eigenvalue weighted by molar-refractivity contribution is 9.13. The van der Waals surface area contributed by atoms with Crippen molar-refractivity contribution in [1.82, 2.24) is 0 Å². The highest BCUT2D eigenvalue weighted by atomic mass is 79.9. The number of allylic oxidation sites excluding steroid dienone is 1. The Hall–Kier alpha value is -0.620. The maximum atomic E-state index is 10.8. The molecule has 0 radical (unpaired) electrons. The summed E-state index contributed by atoms with van der Waals surface area (Å²) in [5.74, 6) is 0.699. The zero-order valence-electron chi connectivity index (χ0n) is 8.87. The van der Waals surface area contributed by atoms with Crippen LogP contribution in [-0.4, -0.2) is 4.92 Å². The number of hydrogen-bond acceptors (Lipinski definition) is 3. The van der Waals surface area contributed by atoms with Crippen LogP contribution in [0.2, 0.25) is 0 Å². The minimum absolute atomic E-state index is 0.156. The number of halogens is 2. The third kappa shape index (κ3) is 3.75. The SMILES string of the molecule is CC(C)CC(=Cc1cc(Br)c(Br)o1)[N+](=O)[O-]. The maximum Gasteiger partial charge on any atom is 0.250 e. The summed E-state index contributed by atoms with van der Waals surface area (Å²) in [5.41, 5.74) is 0.156. The molecule has 0 amide bonds. The smallest absolute Gasteiger partial charge is 0.250 e. The minimum atomic E-state index is -0.371. The van der Waals surface area contributed by atoms with Crippen molar-refractivity contribution in [2.24, 2.45) is 5.92 Å². The van der Waals surface area contributed by atoms with Crippen LogP contribution in [0, 0.1) is 16.0 Å². The molecule has 4 nitrogen and oxygen atoms in total. The van der Waals surface area contributed by atoms with Crippen molar-refractivity contribution in [3.05, 3.63) is 36.8 Å². The molecule has 88 valence electrons. The van der Waals surface area contributed by atoms with E-state index in [9.17, 15) is 10.1 Å². The zero-order valence-corrected chi connectivity index (χ0v) is 12.0. The van der Waals surface area contributed by atoms with Crippen molar-refractivity contribution in [3.63, 3.8) is 0 Å². The predicted octanol–water partition coefficient (Wildman–Crippen LogP) is 4.47. The highest BCUT2D eigenvalue weighted by Crippen LogP contribution is 2.28. The van der Waals surface area contributed by atoms with E-state index in [4.69, 9.17) is 4.42 Å².